The number of hydrogen-bond donors (Lipinski definition) is 0. The maximum Gasteiger partial charge on any atom is 0.166 e. The second-order valence-corrected chi connectivity index (χ2v) is 8.70. The minimum absolute atomic E-state index is 0.0757. The van der Waals surface area contributed by atoms with Gasteiger partial charge in [0.25, 0.3) is 0 Å². The summed E-state index contributed by atoms with van der Waals surface area (Å²) < 4.78 is 18.4. The van der Waals surface area contributed by atoms with Gasteiger partial charge in [0.15, 0.2) is 5.79 Å². The first-order valence-corrected chi connectivity index (χ1v) is 9.86. The van der Waals surface area contributed by atoms with E-state index in [9.17, 15) is 0 Å². The summed E-state index contributed by atoms with van der Waals surface area (Å²) >= 11 is 0. The van der Waals surface area contributed by atoms with Gasteiger partial charge < -0.3 is 14.2 Å². The van der Waals surface area contributed by atoms with Crippen LogP contribution in [0.3, 0.4) is 0 Å². The first kappa shape index (κ1) is 19.9. The lowest BCUT2D eigenvalue weighted by Crippen LogP contribution is -2.37. The van der Waals surface area contributed by atoms with Crippen LogP contribution in [0.15, 0.2) is 11.6 Å². The van der Waals surface area contributed by atoms with Crippen LogP contribution in [0.2, 0.25) is 0 Å². The fourth-order valence-electron chi connectivity index (χ4n) is 4.06. The van der Waals surface area contributed by atoms with Gasteiger partial charge in [-0.3, -0.25) is 0 Å². The SMILES string of the molecule is CC(C)=CCCC1(C)OCC(CO[C@@H]2C[C@H](C)CC[C@H]2C(C)C)O1. The average molecular weight is 339 g/mol. The van der Waals surface area contributed by atoms with Crippen LogP contribution in [0.4, 0.5) is 0 Å². The van der Waals surface area contributed by atoms with E-state index in [2.05, 4.69) is 47.6 Å². The first-order chi connectivity index (χ1) is 11.3. The van der Waals surface area contributed by atoms with Gasteiger partial charge >= 0.3 is 0 Å². The van der Waals surface area contributed by atoms with Crippen molar-refractivity contribution in [2.45, 2.75) is 91.6 Å². The highest BCUT2D eigenvalue weighted by molar-refractivity contribution is 4.94. The highest BCUT2D eigenvalue weighted by atomic mass is 16.7. The Bertz CT molecular complexity index is 413. The summed E-state index contributed by atoms with van der Waals surface area (Å²) in [5.74, 6) is 1.71. The summed E-state index contributed by atoms with van der Waals surface area (Å²) in [5, 5.41) is 0. The smallest absolute Gasteiger partial charge is 0.166 e. The van der Waals surface area contributed by atoms with Gasteiger partial charge in [-0.05, 0) is 57.8 Å². The fourth-order valence-corrected chi connectivity index (χ4v) is 4.06. The molecule has 0 amide bonds. The van der Waals surface area contributed by atoms with Gasteiger partial charge in [0.1, 0.15) is 6.10 Å². The van der Waals surface area contributed by atoms with E-state index in [1.54, 1.807) is 0 Å². The quantitative estimate of drug-likeness (QED) is 0.586. The summed E-state index contributed by atoms with van der Waals surface area (Å²) in [6.07, 6.45) is 8.44. The molecule has 24 heavy (non-hydrogen) atoms. The van der Waals surface area contributed by atoms with E-state index in [0.717, 1.165) is 18.8 Å². The second-order valence-electron chi connectivity index (χ2n) is 8.70. The monoisotopic (exact) mass is 338 g/mol. The van der Waals surface area contributed by atoms with Crippen LogP contribution < -0.4 is 0 Å². The molecule has 5 atom stereocenters. The van der Waals surface area contributed by atoms with Crippen LogP contribution >= 0.6 is 0 Å². The van der Waals surface area contributed by atoms with Crippen LogP contribution in [-0.4, -0.2) is 31.2 Å². The Morgan fingerprint density at radius 2 is 2.04 bits per heavy atom. The van der Waals surface area contributed by atoms with Crippen LogP contribution in [0.1, 0.15) is 73.6 Å². The predicted molar refractivity (Wildman–Crippen MR) is 99.0 cm³/mol. The summed E-state index contributed by atoms with van der Waals surface area (Å²) in [5.41, 5.74) is 1.35. The zero-order valence-corrected chi connectivity index (χ0v) is 16.6. The zero-order valence-electron chi connectivity index (χ0n) is 16.6. The third-order valence-corrected chi connectivity index (χ3v) is 5.60. The highest BCUT2D eigenvalue weighted by Gasteiger charge is 2.38. The van der Waals surface area contributed by atoms with Crippen LogP contribution in [0.25, 0.3) is 0 Å². The molecule has 1 saturated carbocycles. The van der Waals surface area contributed by atoms with Gasteiger partial charge in [-0.2, -0.15) is 0 Å². The third kappa shape index (κ3) is 5.86. The fraction of sp³-hybridized carbons (Fsp3) is 0.905. The third-order valence-electron chi connectivity index (χ3n) is 5.60. The lowest BCUT2D eigenvalue weighted by Gasteiger charge is -2.37. The molecule has 3 heteroatoms. The van der Waals surface area contributed by atoms with Gasteiger partial charge in [-0.1, -0.05) is 38.8 Å². The zero-order chi connectivity index (χ0) is 17.7. The molecule has 2 unspecified atom stereocenters. The number of ether oxygens (including phenoxy) is 3. The van der Waals surface area contributed by atoms with Gasteiger partial charge in [0.2, 0.25) is 0 Å². The molecule has 0 aromatic carbocycles. The summed E-state index contributed by atoms with van der Waals surface area (Å²) in [6.45, 7) is 14.6. The molecule has 0 aromatic rings. The molecule has 1 heterocycles. The van der Waals surface area contributed by atoms with Crippen LogP contribution in [0.5, 0.6) is 0 Å². The molecule has 0 radical (unpaired) electrons. The Kier molecular flexibility index (Phi) is 7.33. The van der Waals surface area contributed by atoms with Crippen molar-refractivity contribution >= 4 is 0 Å². The minimum atomic E-state index is -0.447. The maximum atomic E-state index is 6.33. The minimum Gasteiger partial charge on any atom is -0.375 e. The Balaban J connectivity index is 1.79. The van der Waals surface area contributed by atoms with Crippen molar-refractivity contribution in [3.05, 3.63) is 11.6 Å². The maximum absolute atomic E-state index is 6.33. The Morgan fingerprint density at radius 1 is 1.29 bits per heavy atom. The molecule has 0 N–H and O–H groups in total. The van der Waals surface area contributed by atoms with E-state index in [4.69, 9.17) is 14.2 Å². The standard InChI is InChI=1S/C21H38O3/c1-15(2)8-7-11-21(6)23-14-18(24-21)13-22-20-12-17(5)9-10-19(20)16(3)4/h8,16-20H,7,9-14H2,1-6H3/t17-,18?,19+,20-,21?/m1/s1. The molecule has 2 aliphatic rings. The Morgan fingerprint density at radius 3 is 2.71 bits per heavy atom. The van der Waals surface area contributed by atoms with Crippen molar-refractivity contribution in [3.63, 3.8) is 0 Å². The predicted octanol–water partition coefficient (Wildman–Crippen LogP) is 5.34. The van der Waals surface area contributed by atoms with E-state index in [1.165, 1.54) is 24.8 Å². The van der Waals surface area contributed by atoms with E-state index in [-0.39, 0.29) is 6.10 Å². The molecule has 1 aliphatic heterocycles. The molecule has 1 saturated heterocycles. The van der Waals surface area contributed by atoms with E-state index < -0.39 is 5.79 Å². The van der Waals surface area contributed by atoms with Crippen molar-refractivity contribution in [2.24, 2.45) is 17.8 Å². The number of hydrogen-bond acceptors (Lipinski definition) is 3. The largest absolute Gasteiger partial charge is 0.375 e. The number of allylic oxidation sites excluding steroid dienone is 2. The average Bonchev–Trinajstić information content (AvgIpc) is 2.86. The molecular formula is C21H38O3. The van der Waals surface area contributed by atoms with E-state index >= 15 is 0 Å². The van der Waals surface area contributed by atoms with Gasteiger partial charge in [0.05, 0.1) is 19.3 Å². The lowest BCUT2D eigenvalue weighted by molar-refractivity contribution is -0.168. The molecular weight excluding hydrogens is 300 g/mol. The molecule has 1 aliphatic carbocycles. The van der Waals surface area contributed by atoms with Gasteiger partial charge in [0, 0.05) is 6.42 Å². The molecule has 140 valence electrons. The highest BCUT2D eigenvalue weighted by Crippen LogP contribution is 2.36. The topological polar surface area (TPSA) is 27.7 Å². The molecule has 0 aromatic heterocycles. The molecule has 2 rings (SSSR count). The van der Waals surface area contributed by atoms with Gasteiger partial charge in [-0.25, -0.2) is 0 Å². The second kappa shape index (κ2) is 8.82. The lowest BCUT2D eigenvalue weighted by atomic mass is 9.75. The van der Waals surface area contributed by atoms with Gasteiger partial charge in [-0.15, -0.1) is 0 Å². The molecule has 0 bridgehead atoms. The van der Waals surface area contributed by atoms with Crippen molar-refractivity contribution in [1.29, 1.82) is 0 Å². The van der Waals surface area contributed by atoms with E-state index in [0.29, 0.717) is 31.2 Å². The molecule has 2 fully saturated rings. The van der Waals surface area contributed by atoms with Crippen molar-refractivity contribution in [2.75, 3.05) is 13.2 Å². The summed E-state index contributed by atoms with van der Waals surface area (Å²) in [6, 6.07) is 0. The Labute approximate surface area is 149 Å². The first-order valence-electron chi connectivity index (χ1n) is 9.86. The van der Waals surface area contributed by atoms with Crippen LogP contribution in [0, 0.1) is 17.8 Å². The van der Waals surface area contributed by atoms with Crippen LogP contribution in [-0.2, 0) is 14.2 Å². The molecule has 0 spiro atoms. The number of rotatable bonds is 7. The Hall–Kier alpha value is -0.380. The van der Waals surface area contributed by atoms with Crippen molar-refractivity contribution < 1.29 is 14.2 Å². The van der Waals surface area contributed by atoms with Crippen molar-refractivity contribution in [1.82, 2.24) is 0 Å². The van der Waals surface area contributed by atoms with E-state index in [1.807, 2.05) is 0 Å². The summed E-state index contributed by atoms with van der Waals surface area (Å²) in [4.78, 5) is 0. The summed E-state index contributed by atoms with van der Waals surface area (Å²) in [7, 11) is 0. The van der Waals surface area contributed by atoms with Crippen molar-refractivity contribution in [3.8, 4) is 0 Å². The normalized spacial score (nSPS) is 37.0. The molecule has 3 nitrogen and oxygen atoms in total.